The van der Waals surface area contributed by atoms with E-state index in [2.05, 4.69) is 43.5 Å². The predicted molar refractivity (Wildman–Crippen MR) is 106 cm³/mol. The van der Waals surface area contributed by atoms with Gasteiger partial charge in [-0.05, 0) is 47.2 Å². The fourth-order valence-electron chi connectivity index (χ4n) is 1.97. The number of halogens is 1. The first-order valence-electron chi connectivity index (χ1n) is 7.73. The maximum atomic E-state index is 12.1. The fourth-order valence-corrected chi connectivity index (χ4v) is 2.73. The van der Waals surface area contributed by atoms with Crippen LogP contribution in [0.1, 0.15) is 36.8 Å². The quantitative estimate of drug-likeness (QED) is 0.415. The van der Waals surface area contributed by atoms with Crippen LogP contribution in [0.5, 0.6) is 0 Å². The largest absolute Gasteiger partial charge is 0.326 e. The monoisotopic (exact) mass is 453 g/mol. The van der Waals surface area contributed by atoms with Crippen molar-refractivity contribution in [3.8, 4) is 0 Å². The number of carbonyl (C=O) groups is 2. The van der Waals surface area contributed by atoms with E-state index in [0.29, 0.717) is 17.1 Å². The number of carbonyl (C=O) groups excluding carboxylic acids is 2. The number of nitrogens with zero attached hydrogens (tertiary/aromatic N) is 3. The van der Waals surface area contributed by atoms with Gasteiger partial charge in [0.15, 0.2) is 5.69 Å². The molecule has 0 fully saturated rings. The van der Waals surface area contributed by atoms with E-state index in [1.54, 1.807) is 24.9 Å². The van der Waals surface area contributed by atoms with E-state index < -0.39 is 0 Å². The van der Waals surface area contributed by atoms with Gasteiger partial charge in [0.1, 0.15) is 0 Å². The van der Waals surface area contributed by atoms with Gasteiger partial charge in [-0.1, -0.05) is 26.0 Å². The second kappa shape index (κ2) is 8.24. The van der Waals surface area contributed by atoms with Crippen molar-refractivity contribution in [1.29, 1.82) is 0 Å². The molecule has 8 heteroatoms. The van der Waals surface area contributed by atoms with Gasteiger partial charge in [0.05, 0.1) is 9.28 Å². The van der Waals surface area contributed by atoms with Crippen molar-refractivity contribution in [2.45, 2.75) is 20.8 Å². The number of aromatic nitrogens is 2. The van der Waals surface area contributed by atoms with E-state index in [1.807, 2.05) is 38.1 Å². The van der Waals surface area contributed by atoms with Gasteiger partial charge in [0.2, 0.25) is 5.91 Å². The summed E-state index contributed by atoms with van der Waals surface area (Å²) in [5.41, 5.74) is 4.96. The highest BCUT2D eigenvalue weighted by Gasteiger charge is 2.14. The van der Waals surface area contributed by atoms with Crippen molar-refractivity contribution < 1.29 is 9.59 Å². The number of hydrogen-bond donors (Lipinski definition) is 2. The van der Waals surface area contributed by atoms with Gasteiger partial charge < -0.3 is 5.32 Å². The molecular formula is C17H20IN5O2. The lowest BCUT2D eigenvalue weighted by Crippen LogP contribution is -2.21. The summed E-state index contributed by atoms with van der Waals surface area (Å²) >= 11 is 2.05. The van der Waals surface area contributed by atoms with E-state index in [1.165, 1.54) is 0 Å². The second-order valence-electron chi connectivity index (χ2n) is 5.86. The number of benzene rings is 1. The van der Waals surface area contributed by atoms with Crippen LogP contribution >= 0.6 is 22.6 Å². The number of amides is 2. The molecule has 0 spiro atoms. The average Bonchev–Trinajstić information content (AvgIpc) is 2.91. The number of aryl methyl sites for hydroxylation is 1. The predicted octanol–water partition coefficient (Wildman–Crippen LogP) is 2.77. The minimum atomic E-state index is -0.367. The molecule has 2 N–H and O–H groups in total. The third kappa shape index (κ3) is 5.12. The van der Waals surface area contributed by atoms with E-state index >= 15 is 0 Å². The normalized spacial score (nSPS) is 11.5. The Kier molecular flexibility index (Phi) is 6.29. The Bertz CT molecular complexity index is 826. The highest BCUT2D eigenvalue weighted by molar-refractivity contribution is 14.1. The molecule has 2 rings (SSSR count). The molecule has 0 aliphatic rings. The van der Waals surface area contributed by atoms with E-state index in [-0.39, 0.29) is 17.7 Å². The number of nitrogens with one attached hydrogen (secondary N) is 2. The van der Waals surface area contributed by atoms with Crippen LogP contribution in [-0.2, 0) is 11.8 Å². The van der Waals surface area contributed by atoms with Crippen molar-refractivity contribution in [1.82, 2.24) is 15.2 Å². The minimum Gasteiger partial charge on any atom is -0.326 e. The molecule has 0 aliphatic carbocycles. The summed E-state index contributed by atoms with van der Waals surface area (Å²) in [6.07, 6.45) is 1.76. The zero-order chi connectivity index (χ0) is 18.6. The maximum absolute atomic E-state index is 12.1. The Morgan fingerprint density at radius 2 is 2.04 bits per heavy atom. The molecule has 0 atom stereocenters. The molecule has 132 valence electrons. The lowest BCUT2D eigenvalue weighted by molar-refractivity contribution is -0.118. The molecule has 0 aliphatic heterocycles. The Hall–Kier alpha value is -2.23. The Labute approximate surface area is 160 Å². The summed E-state index contributed by atoms with van der Waals surface area (Å²) in [6, 6.07) is 7.32. The smallest absolute Gasteiger partial charge is 0.292 e. The number of rotatable bonds is 5. The first-order valence-corrected chi connectivity index (χ1v) is 8.81. The fraction of sp³-hybridized carbons (Fsp3) is 0.294. The number of hydrazone groups is 1. The molecule has 25 heavy (non-hydrogen) atoms. The van der Waals surface area contributed by atoms with Crippen LogP contribution in [0.4, 0.5) is 5.69 Å². The molecule has 0 unspecified atom stereocenters. The number of hydrogen-bond acceptors (Lipinski definition) is 4. The van der Waals surface area contributed by atoms with Crippen LogP contribution in [0.25, 0.3) is 0 Å². The van der Waals surface area contributed by atoms with Crippen LogP contribution in [0.3, 0.4) is 0 Å². The van der Waals surface area contributed by atoms with Crippen LogP contribution in [0.2, 0.25) is 0 Å². The molecule has 7 nitrogen and oxygen atoms in total. The Balaban J connectivity index is 2.10. The van der Waals surface area contributed by atoms with E-state index in [0.717, 1.165) is 9.13 Å². The van der Waals surface area contributed by atoms with Gasteiger partial charge >= 0.3 is 0 Å². The van der Waals surface area contributed by atoms with E-state index in [9.17, 15) is 9.59 Å². The molecule has 0 saturated carbocycles. The van der Waals surface area contributed by atoms with Crippen molar-refractivity contribution in [3.05, 3.63) is 45.3 Å². The summed E-state index contributed by atoms with van der Waals surface area (Å²) in [4.78, 5) is 23.9. The van der Waals surface area contributed by atoms with Crippen molar-refractivity contribution in [2.75, 3.05) is 5.32 Å². The molecule has 2 aromatic rings. The van der Waals surface area contributed by atoms with Crippen molar-refractivity contribution in [3.63, 3.8) is 0 Å². The zero-order valence-corrected chi connectivity index (χ0v) is 16.7. The molecule has 0 bridgehead atoms. The molecule has 0 saturated heterocycles. The summed E-state index contributed by atoms with van der Waals surface area (Å²) in [5, 5.41) is 11.1. The molecule has 0 radical (unpaired) electrons. The zero-order valence-electron chi connectivity index (χ0n) is 14.5. The molecule has 1 heterocycles. The standard InChI is InChI=1S/C17H20IN5O2/c1-10(2)16(24)19-13-7-5-6-12(8-13)11(3)20-21-17(25)15-14(18)9-23(4)22-15/h5-10H,1-4H3,(H,19,24)(H,21,25). The van der Waals surface area contributed by atoms with Crippen molar-refractivity contribution in [2.24, 2.45) is 18.1 Å². The summed E-state index contributed by atoms with van der Waals surface area (Å²) in [5.74, 6) is -0.517. The molecular weight excluding hydrogens is 433 g/mol. The van der Waals surface area contributed by atoms with Crippen LogP contribution < -0.4 is 10.7 Å². The first-order chi connectivity index (χ1) is 11.8. The summed E-state index contributed by atoms with van der Waals surface area (Å²) in [7, 11) is 1.75. The highest BCUT2D eigenvalue weighted by Crippen LogP contribution is 2.13. The van der Waals surface area contributed by atoms with Gasteiger partial charge in [-0.15, -0.1) is 0 Å². The lowest BCUT2D eigenvalue weighted by Gasteiger charge is -2.09. The number of anilines is 1. The van der Waals surface area contributed by atoms with Crippen LogP contribution in [0, 0.1) is 9.49 Å². The molecule has 2 amide bonds. The van der Waals surface area contributed by atoms with Crippen LogP contribution in [0.15, 0.2) is 35.6 Å². The van der Waals surface area contributed by atoms with Gasteiger partial charge in [-0.25, -0.2) is 5.43 Å². The van der Waals surface area contributed by atoms with Gasteiger partial charge in [0.25, 0.3) is 5.91 Å². The Morgan fingerprint density at radius 1 is 1.32 bits per heavy atom. The average molecular weight is 453 g/mol. The first kappa shape index (κ1) is 19.1. The SMILES string of the molecule is CC(=NNC(=O)c1nn(C)cc1I)c1cccc(NC(=O)C(C)C)c1. The van der Waals surface area contributed by atoms with Crippen LogP contribution in [-0.4, -0.2) is 27.3 Å². The van der Waals surface area contributed by atoms with Gasteiger partial charge in [0, 0.05) is 24.8 Å². The topological polar surface area (TPSA) is 88.4 Å². The third-order valence-electron chi connectivity index (χ3n) is 3.40. The lowest BCUT2D eigenvalue weighted by atomic mass is 10.1. The van der Waals surface area contributed by atoms with Gasteiger partial charge in [-0.2, -0.15) is 10.2 Å². The third-order valence-corrected chi connectivity index (χ3v) is 4.19. The second-order valence-corrected chi connectivity index (χ2v) is 7.02. The minimum absolute atomic E-state index is 0.0511. The van der Waals surface area contributed by atoms with E-state index in [4.69, 9.17) is 0 Å². The highest BCUT2D eigenvalue weighted by atomic mass is 127. The summed E-state index contributed by atoms with van der Waals surface area (Å²) in [6.45, 7) is 5.45. The maximum Gasteiger partial charge on any atom is 0.292 e. The Morgan fingerprint density at radius 3 is 2.64 bits per heavy atom. The molecule has 1 aromatic carbocycles. The van der Waals surface area contributed by atoms with Crippen molar-refractivity contribution >= 4 is 45.8 Å². The summed E-state index contributed by atoms with van der Waals surface area (Å²) < 4.78 is 2.33. The van der Waals surface area contributed by atoms with Gasteiger partial charge in [-0.3, -0.25) is 14.3 Å². The molecule has 1 aromatic heterocycles.